The van der Waals surface area contributed by atoms with Gasteiger partial charge in [0.2, 0.25) is 5.91 Å². The maximum Gasteiger partial charge on any atom is 0.263 e. The average molecular weight is 458 g/mol. The second-order valence-electron chi connectivity index (χ2n) is 7.38. The lowest BCUT2D eigenvalue weighted by atomic mass is 10.1. The molecule has 1 unspecified atom stereocenters. The van der Waals surface area contributed by atoms with Gasteiger partial charge in [-0.05, 0) is 37.1 Å². The Morgan fingerprint density at radius 1 is 1.26 bits per heavy atom. The van der Waals surface area contributed by atoms with Gasteiger partial charge in [-0.25, -0.2) is 13.4 Å². The van der Waals surface area contributed by atoms with Crippen molar-refractivity contribution in [1.82, 2.24) is 4.98 Å². The van der Waals surface area contributed by atoms with Crippen molar-refractivity contribution in [3.05, 3.63) is 53.4 Å². The first kappa shape index (κ1) is 21.3. The molecule has 1 aromatic heterocycles. The third-order valence-corrected chi connectivity index (χ3v) is 7.29. The first-order valence-electron chi connectivity index (χ1n) is 9.93. The van der Waals surface area contributed by atoms with Gasteiger partial charge in [0.05, 0.1) is 22.8 Å². The van der Waals surface area contributed by atoms with Crippen LogP contribution in [0.2, 0.25) is 0 Å². The highest BCUT2D eigenvalue weighted by molar-refractivity contribution is 7.93. The van der Waals surface area contributed by atoms with E-state index in [1.807, 2.05) is 36.6 Å². The van der Waals surface area contributed by atoms with Crippen molar-refractivity contribution in [2.24, 2.45) is 0 Å². The number of fused-ring (bicyclic) bond motifs is 1. The van der Waals surface area contributed by atoms with Crippen molar-refractivity contribution in [3.63, 3.8) is 0 Å². The zero-order valence-electron chi connectivity index (χ0n) is 17.5. The van der Waals surface area contributed by atoms with Gasteiger partial charge in [-0.15, -0.1) is 11.3 Å². The minimum Gasteiger partial charge on any atom is -0.487 e. The standard InChI is InChI=1S/C22H23N3O4S2/c1-4-16-5-7-17(8-6-16)19-13-30-22(23-19)24-31(27,28)18-9-10-21-20(11-18)25(15(3)26)12-14(2)29-21/h5-11,13-14H,4,12H2,1-3H3,(H,23,24). The number of nitrogens with one attached hydrogen (secondary N) is 1. The Balaban J connectivity index is 1.59. The topological polar surface area (TPSA) is 88.6 Å². The Hall–Kier alpha value is -2.91. The average Bonchev–Trinajstić information content (AvgIpc) is 3.20. The molecule has 1 aliphatic rings. The third-order valence-electron chi connectivity index (χ3n) is 5.06. The molecule has 0 radical (unpaired) electrons. The summed E-state index contributed by atoms with van der Waals surface area (Å²) in [6.45, 7) is 5.77. The fourth-order valence-corrected chi connectivity index (χ4v) is 5.41. The predicted octanol–water partition coefficient (Wildman–Crippen LogP) is 4.31. The summed E-state index contributed by atoms with van der Waals surface area (Å²) in [6.07, 6.45) is 0.783. The Morgan fingerprint density at radius 2 is 2.00 bits per heavy atom. The molecule has 2 heterocycles. The van der Waals surface area contributed by atoms with Crippen molar-refractivity contribution in [1.29, 1.82) is 0 Å². The molecule has 1 amide bonds. The number of aryl methyl sites for hydroxylation is 1. The number of amides is 1. The maximum atomic E-state index is 13.0. The monoisotopic (exact) mass is 457 g/mol. The molecule has 1 atom stereocenters. The highest BCUT2D eigenvalue weighted by Gasteiger charge is 2.28. The number of carbonyl (C=O) groups is 1. The third kappa shape index (κ3) is 4.42. The van der Waals surface area contributed by atoms with Crippen LogP contribution in [-0.2, 0) is 21.2 Å². The van der Waals surface area contributed by atoms with Gasteiger partial charge in [0, 0.05) is 17.9 Å². The zero-order chi connectivity index (χ0) is 22.2. The summed E-state index contributed by atoms with van der Waals surface area (Å²) in [6, 6.07) is 12.5. The molecule has 4 rings (SSSR count). The molecule has 1 N–H and O–H groups in total. The molecule has 3 aromatic rings. The van der Waals surface area contributed by atoms with E-state index in [2.05, 4.69) is 16.6 Å². The fourth-order valence-electron chi connectivity index (χ4n) is 3.42. The molecule has 2 aromatic carbocycles. The molecule has 0 fully saturated rings. The molecule has 7 nitrogen and oxygen atoms in total. The summed E-state index contributed by atoms with van der Waals surface area (Å²) in [5, 5.41) is 2.10. The molecule has 0 bridgehead atoms. The molecule has 0 saturated carbocycles. The summed E-state index contributed by atoms with van der Waals surface area (Å²) in [7, 11) is -3.88. The van der Waals surface area contributed by atoms with Crippen LogP contribution in [0.15, 0.2) is 52.7 Å². The summed E-state index contributed by atoms with van der Waals surface area (Å²) >= 11 is 1.22. The summed E-state index contributed by atoms with van der Waals surface area (Å²) in [5.41, 5.74) is 3.31. The molecule has 0 spiro atoms. The van der Waals surface area contributed by atoms with E-state index >= 15 is 0 Å². The van der Waals surface area contributed by atoms with E-state index in [-0.39, 0.29) is 22.0 Å². The van der Waals surface area contributed by atoms with Gasteiger partial charge in [-0.2, -0.15) is 0 Å². The van der Waals surface area contributed by atoms with Crippen LogP contribution in [-0.4, -0.2) is 32.0 Å². The van der Waals surface area contributed by atoms with Crippen LogP contribution in [0, 0.1) is 0 Å². The minimum absolute atomic E-state index is 0.0414. The van der Waals surface area contributed by atoms with E-state index in [9.17, 15) is 13.2 Å². The molecule has 0 aliphatic carbocycles. The molecule has 9 heteroatoms. The number of hydrogen-bond donors (Lipinski definition) is 1. The minimum atomic E-state index is -3.88. The van der Waals surface area contributed by atoms with E-state index in [1.165, 1.54) is 40.9 Å². The van der Waals surface area contributed by atoms with Crippen LogP contribution in [0.3, 0.4) is 0 Å². The normalized spacial score (nSPS) is 15.8. The number of benzene rings is 2. The maximum absolute atomic E-state index is 13.0. The van der Waals surface area contributed by atoms with Gasteiger partial charge in [0.1, 0.15) is 11.9 Å². The molecular formula is C22H23N3O4S2. The van der Waals surface area contributed by atoms with Crippen LogP contribution in [0.4, 0.5) is 10.8 Å². The number of aromatic nitrogens is 1. The number of hydrogen-bond acceptors (Lipinski definition) is 6. The molecule has 162 valence electrons. The number of thiazole rings is 1. The van der Waals surface area contributed by atoms with Crippen LogP contribution in [0.5, 0.6) is 5.75 Å². The quantitative estimate of drug-likeness (QED) is 0.617. The van der Waals surface area contributed by atoms with Gasteiger partial charge in [0.25, 0.3) is 10.0 Å². The fraction of sp³-hybridized carbons (Fsp3) is 0.273. The molecular weight excluding hydrogens is 434 g/mol. The largest absolute Gasteiger partial charge is 0.487 e. The molecule has 31 heavy (non-hydrogen) atoms. The number of anilines is 2. The highest BCUT2D eigenvalue weighted by atomic mass is 32.2. The second kappa shape index (κ2) is 8.32. The lowest BCUT2D eigenvalue weighted by Gasteiger charge is -2.33. The molecule has 1 aliphatic heterocycles. The lowest BCUT2D eigenvalue weighted by molar-refractivity contribution is -0.117. The first-order chi connectivity index (χ1) is 14.8. The van der Waals surface area contributed by atoms with E-state index in [0.29, 0.717) is 23.7 Å². The van der Waals surface area contributed by atoms with Crippen molar-refractivity contribution in [2.75, 3.05) is 16.2 Å². The number of sulfonamides is 1. The van der Waals surface area contributed by atoms with Gasteiger partial charge in [-0.1, -0.05) is 31.2 Å². The van der Waals surface area contributed by atoms with Gasteiger partial charge in [0.15, 0.2) is 5.13 Å². The van der Waals surface area contributed by atoms with Gasteiger partial charge < -0.3 is 9.64 Å². The van der Waals surface area contributed by atoms with Crippen molar-refractivity contribution >= 4 is 38.1 Å². The predicted molar refractivity (Wildman–Crippen MR) is 122 cm³/mol. The van der Waals surface area contributed by atoms with Crippen molar-refractivity contribution in [2.45, 2.75) is 38.2 Å². The van der Waals surface area contributed by atoms with Crippen molar-refractivity contribution in [3.8, 4) is 17.0 Å². The number of nitrogens with zero attached hydrogens (tertiary/aromatic N) is 2. The number of rotatable bonds is 5. The van der Waals surface area contributed by atoms with E-state index in [4.69, 9.17) is 4.74 Å². The first-order valence-corrected chi connectivity index (χ1v) is 12.3. The summed E-state index contributed by atoms with van der Waals surface area (Å²) < 4.78 is 34.2. The number of ether oxygens (including phenoxy) is 1. The van der Waals surface area contributed by atoms with Crippen molar-refractivity contribution < 1.29 is 17.9 Å². The van der Waals surface area contributed by atoms with Crippen LogP contribution >= 0.6 is 11.3 Å². The van der Waals surface area contributed by atoms with E-state index in [0.717, 1.165) is 12.0 Å². The summed E-state index contributed by atoms with van der Waals surface area (Å²) in [4.78, 5) is 18.0. The van der Waals surface area contributed by atoms with Crippen LogP contribution in [0.25, 0.3) is 11.3 Å². The summed E-state index contributed by atoms with van der Waals surface area (Å²) in [5.74, 6) is 0.317. The van der Waals surface area contributed by atoms with E-state index < -0.39 is 10.0 Å². The smallest absolute Gasteiger partial charge is 0.263 e. The Bertz CT molecular complexity index is 1220. The Labute approximate surface area is 185 Å². The highest BCUT2D eigenvalue weighted by Crippen LogP contribution is 2.36. The Morgan fingerprint density at radius 3 is 2.68 bits per heavy atom. The SMILES string of the molecule is CCc1ccc(-c2csc(NS(=O)(=O)c3ccc4c(c3)N(C(C)=O)CC(C)O4)n2)cc1. The van der Waals surface area contributed by atoms with Crippen LogP contribution < -0.4 is 14.4 Å². The second-order valence-corrected chi connectivity index (χ2v) is 9.92. The van der Waals surface area contributed by atoms with Gasteiger partial charge >= 0.3 is 0 Å². The van der Waals surface area contributed by atoms with Gasteiger partial charge in [-0.3, -0.25) is 9.52 Å². The zero-order valence-corrected chi connectivity index (χ0v) is 19.1. The van der Waals surface area contributed by atoms with Crippen LogP contribution in [0.1, 0.15) is 26.3 Å². The lowest BCUT2D eigenvalue weighted by Crippen LogP contribution is -2.41. The molecule has 0 saturated heterocycles. The number of carbonyl (C=O) groups excluding carboxylic acids is 1. The Kier molecular flexibility index (Phi) is 5.72. The van der Waals surface area contributed by atoms with E-state index in [1.54, 1.807) is 6.07 Å².